The maximum atomic E-state index is 11.9. The normalized spacial score (nSPS) is 22.1. The van der Waals surface area contributed by atoms with Crippen molar-refractivity contribution in [2.75, 3.05) is 13.2 Å². The number of aliphatic hydroxyl groups is 1. The van der Waals surface area contributed by atoms with Crippen molar-refractivity contribution >= 4 is 11.8 Å². The van der Waals surface area contributed by atoms with Gasteiger partial charge in [0.1, 0.15) is 0 Å². The second kappa shape index (κ2) is 6.59. The van der Waals surface area contributed by atoms with E-state index in [1.54, 1.807) is 0 Å². The number of hydrogen-bond acceptors (Lipinski definition) is 3. The molecule has 0 saturated carbocycles. The third kappa shape index (κ3) is 4.73. The van der Waals surface area contributed by atoms with Crippen LogP contribution in [0.25, 0.3) is 0 Å². The molecule has 0 spiro atoms. The van der Waals surface area contributed by atoms with E-state index >= 15 is 0 Å². The van der Waals surface area contributed by atoms with E-state index in [0.717, 1.165) is 6.42 Å². The quantitative estimate of drug-likeness (QED) is 0.636. The Labute approximate surface area is 102 Å². The van der Waals surface area contributed by atoms with Gasteiger partial charge in [-0.1, -0.05) is 13.8 Å². The molecule has 1 heterocycles. The van der Waals surface area contributed by atoms with E-state index in [4.69, 9.17) is 0 Å². The van der Waals surface area contributed by atoms with Gasteiger partial charge in [0, 0.05) is 18.9 Å². The Hall–Kier alpha value is -1.10. The van der Waals surface area contributed by atoms with Gasteiger partial charge >= 0.3 is 0 Å². The zero-order valence-corrected chi connectivity index (χ0v) is 10.5. The molecule has 1 rings (SSSR count). The summed E-state index contributed by atoms with van der Waals surface area (Å²) in [5, 5.41) is 14.7. The van der Waals surface area contributed by atoms with Gasteiger partial charge in [-0.3, -0.25) is 9.59 Å². The molecule has 1 aliphatic heterocycles. The summed E-state index contributed by atoms with van der Waals surface area (Å²) in [5.41, 5.74) is 0. The van der Waals surface area contributed by atoms with E-state index in [-0.39, 0.29) is 36.8 Å². The molecule has 0 aromatic rings. The van der Waals surface area contributed by atoms with Gasteiger partial charge in [0.2, 0.25) is 11.8 Å². The van der Waals surface area contributed by atoms with E-state index in [1.165, 1.54) is 0 Å². The van der Waals surface area contributed by atoms with Crippen LogP contribution in [-0.4, -0.2) is 36.1 Å². The summed E-state index contributed by atoms with van der Waals surface area (Å²) in [6.45, 7) is 4.60. The molecule has 1 saturated heterocycles. The van der Waals surface area contributed by atoms with Crippen LogP contribution in [0.5, 0.6) is 0 Å². The lowest BCUT2D eigenvalue weighted by Gasteiger charge is -2.25. The summed E-state index contributed by atoms with van der Waals surface area (Å²) >= 11 is 0. The molecule has 2 atom stereocenters. The van der Waals surface area contributed by atoms with Crippen LogP contribution in [0.3, 0.4) is 0 Å². The van der Waals surface area contributed by atoms with Crippen molar-refractivity contribution in [2.24, 2.45) is 11.8 Å². The van der Waals surface area contributed by atoms with Crippen LogP contribution in [-0.2, 0) is 9.59 Å². The third-order valence-electron chi connectivity index (χ3n) is 2.94. The lowest BCUT2D eigenvalue weighted by Crippen LogP contribution is -2.45. The SMILES string of the molecule is CC(C)CC(CO)NC(=O)C1CCNC(=O)C1. The monoisotopic (exact) mass is 242 g/mol. The highest BCUT2D eigenvalue weighted by molar-refractivity contribution is 5.86. The summed E-state index contributed by atoms with van der Waals surface area (Å²) < 4.78 is 0. The fourth-order valence-corrected chi connectivity index (χ4v) is 2.07. The van der Waals surface area contributed by atoms with E-state index in [2.05, 4.69) is 10.6 Å². The predicted octanol–water partition coefficient (Wildman–Crippen LogP) is 0.0358. The maximum Gasteiger partial charge on any atom is 0.223 e. The Balaban J connectivity index is 2.43. The second-order valence-electron chi connectivity index (χ2n) is 5.06. The molecule has 2 amide bonds. The fraction of sp³-hybridized carbons (Fsp3) is 0.833. The van der Waals surface area contributed by atoms with Crippen LogP contribution >= 0.6 is 0 Å². The molecular formula is C12H22N2O3. The van der Waals surface area contributed by atoms with E-state index in [0.29, 0.717) is 18.9 Å². The number of carbonyl (C=O) groups excluding carboxylic acids is 2. The van der Waals surface area contributed by atoms with Crippen LogP contribution in [0.1, 0.15) is 33.1 Å². The molecule has 3 N–H and O–H groups in total. The Bertz CT molecular complexity index is 279. The minimum absolute atomic E-state index is 0.0527. The average molecular weight is 242 g/mol. The van der Waals surface area contributed by atoms with Gasteiger partial charge < -0.3 is 15.7 Å². The number of aliphatic hydroxyl groups excluding tert-OH is 1. The maximum absolute atomic E-state index is 11.9. The van der Waals surface area contributed by atoms with Gasteiger partial charge in [0.05, 0.1) is 12.6 Å². The zero-order chi connectivity index (χ0) is 12.8. The van der Waals surface area contributed by atoms with Crippen molar-refractivity contribution in [3.8, 4) is 0 Å². The van der Waals surface area contributed by atoms with Crippen LogP contribution in [0.2, 0.25) is 0 Å². The van der Waals surface area contributed by atoms with Gasteiger partial charge in [-0.15, -0.1) is 0 Å². The minimum Gasteiger partial charge on any atom is -0.394 e. The van der Waals surface area contributed by atoms with Crippen LogP contribution in [0, 0.1) is 11.8 Å². The van der Waals surface area contributed by atoms with Crippen molar-refractivity contribution in [3.05, 3.63) is 0 Å². The van der Waals surface area contributed by atoms with Crippen molar-refractivity contribution in [3.63, 3.8) is 0 Å². The molecule has 0 bridgehead atoms. The number of piperidine rings is 1. The predicted molar refractivity (Wildman–Crippen MR) is 64.2 cm³/mol. The Morgan fingerprint density at radius 3 is 2.82 bits per heavy atom. The van der Waals surface area contributed by atoms with Gasteiger partial charge in [-0.25, -0.2) is 0 Å². The molecule has 0 aromatic carbocycles. The van der Waals surface area contributed by atoms with Gasteiger partial charge in [0.25, 0.3) is 0 Å². The molecule has 5 heteroatoms. The average Bonchev–Trinajstić information content (AvgIpc) is 2.27. The first-order chi connectivity index (χ1) is 8.02. The molecule has 0 aliphatic carbocycles. The van der Waals surface area contributed by atoms with Crippen LogP contribution in [0.4, 0.5) is 0 Å². The second-order valence-corrected chi connectivity index (χ2v) is 5.06. The standard InChI is InChI=1S/C12H22N2O3/c1-8(2)5-10(7-15)14-12(17)9-3-4-13-11(16)6-9/h8-10,15H,3-7H2,1-2H3,(H,13,16)(H,14,17). The first-order valence-electron chi connectivity index (χ1n) is 6.20. The zero-order valence-electron chi connectivity index (χ0n) is 10.5. The molecule has 1 aliphatic rings. The summed E-state index contributed by atoms with van der Waals surface area (Å²) in [6, 6.07) is -0.201. The highest BCUT2D eigenvalue weighted by Crippen LogP contribution is 2.13. The molecule has 2 unspecified atom stereocenters. The molecule has 17 heavy (non-hydrogen) atoms. The highest BCUT2D eigenvalue weighted by atomic mass is 16.3. The van der Waals surface area contributed by atoms with Crippen LogP contribution < -0.4 is 10.6 Å². The summed E-state index contributed by atoms with van der Waals surface area (Å²) in [6.07, 6.45) is 1.68. The van der Waals surface area contributed by atoms with Crippen LogP contribution in [0.15, 0.2) is 0 Å². The molecule has 98 valence electrons. The van der Waals surface area contributed by atoms with Crippen molar-refractivity contribution in [1.29, 1.82) is 0 Å². The Kier molecular flexibility index (Phi) is 5.41. The van der Waals surface area contributed by atoms with Gasteiger partial charge in [-0.05, 0) is 18.8 Å². The lowest BCUT2D eigenvalue weighted by atomic mass is 9.95. The van der Waals surface area contributed by atoms with E-state index in [9.17, 15) is 14.7 Å². The molecule has 0 aromatic heterocycles. The largest absolute Gasteiger partial charge is 0.394 e. The topological polar surface area (TPSA) is 78.4 Å². The van der Waals surface area contributed by atoms with Gasteiger partial charge in [-0.2, -0.15) is 0 Å². The molecule has 5 nitrogen and oxygen atoms in total. The number of nitrogens with one attached hydrogen (secondary N) is 2. The highest BCUT2D eigenvalue weighted by Gasteiger charge is 2.26. The summed E-state index contributed by atoms with van der Waals surface area (Å²) in [4.78, 5) is 23.1. The number of hydrogen-bond donors (Lipinski definition) is 3. The smallest absolute Gasteiger partial charge is 0.223 e. The third-order valence-corrected chi connectivity index (χ3v) is 2.94. The number of carbonyl (C=O) groups is 2. The Morgan fingerprint density at radius 2 is 2.29 bits per heavy atom. The minimum atomic E-state index is -0.245. The first-order valence-corrected chi connectivity index (χ1v) is 6.20. The van der Waals surface area contributed by atoms with Gasteiger partial charge in [0.15, 0.2) is 0 Å². The number of rotatable bonds is 5. The van der Waals surface area contributed by atoms with Crippen molar-refractivity contribution in [2.45, 2.75) is 39.2 Å². The summed E-state index contributed by atoms with van der Waals surface area (Å²) in [5.74, 6) is -0.00701. The Morgan fingerprint density at radius 1 is 1.59 bits per heavy atom. The first kappa shape index (κ1) is 14.0. The van der Waals surface area contributed by atoms with Crippen molar-refractivity contribution < 1.29 is 14.7 Å². The summed E-state index contributed by atoms with van der Waals surface area (Å²) in [7, 11) is 0. The molecule has 0 radical (unpaired) electrons. The van der Waals surface area contributed by atoms with Crippen molar-refractivity contribution in [1.82, 2.24) is 10.6 Å². The fourth-order valence-electron chi connectivity index (χ4n) is 2.07. The lowest BCUT2D eigenvalue weighted by molar-refractivity contribution is -0.133. The molecule has 1 fully saturated rings. The van der Waals surface area contributed by atoms with E-state index < -0.39 is 0 Å². The van der Waals surface area contributed by atoms with E-state index in [1.807, 2.05) is 13.8 Å². The molecular weight excluding hydrogens is 220 g/mol. The number of amides is 2.